The van der Waals surface area contributed by atoms with Crippen molar-refractivity contribution in [3.8, 4) is 0 Å². The minimum absolute atomic E-state index is 0.221. The van der Waals surface area contributed by atoms with Crippen LogP contribution in [0.15, 0.2) is 0 Å². The van der Waals surface area contributed by atoms with E-state index in [1.807, 2.05) is 0 Å². The molecule has 0 bridgehead atoms. The van der Waals surface area contributed by atoms with Crippen molar-refractivity contribution in [3.63, 3.8) is 0 Å². The van der Waals surface area contributed by atoms with E-state index < -0.39 is 17.5 Å². The lowest BCUT2D eigenvalue weighted by molar-refractivity contribution is -0.141. The van der Waals surface area contributed by atoms with Gasteiger partial charge in [-0.25, -0.2) is 0 Å². The number of aliphatic carboxylic acids is 1. The largest absolute Gasteiger partial charge is 0.481 e. The van der Waals surface area contributed by atoms with Gasteiger partial charge in [0.15, 0.2) is 0 Å². The third-order valence-corrected chi connectivity index (χ3v) is 1.68. The molecule has 0 saturated heterocycles. The Morgan fingerprint density at radius 1 is 1.55 bits per heavy atom. The first-order valence-electron chi connectivity index (χ1n) is 3.41. The van der Waals surface area contributed by atoms with Crippen LogP contribution in [0.1, 0.15) is 20.3 Å². The van der Waals surface area contributed by atoms with Crippen LogP contribution in [0.3, 0.4) is 0 Å². The Bertz CT molecular complexity index is 141. The van der Waals surface area contributed by atoms with Crippen molar-refractivity contribution in [1.82, 2.24) is 0 Å². The second-order valence-electron chi connectivity index (χ2n) is 3.26. The number of carboxylic acid groups (broad SMARTS) is 1. The van der Waals surface area contributed by atoms with Crippen molar-refractivity contribution in [2.75, 3.05) is 6.61 Å². The number of aliphatic hydroxyl groups is 2. The van der Waals surface area contributed by atoms with Crippen LogP contribution in [0.2, 0.25) is 0 Å². The highest BCUT2D eigenvalue weighted by atomic mass is 16.4. The molecule has 4 nitrogen and oxygen atoms in total. The van der Waals surface area contributed by atoms with Crippen molar-refractivity contribution in [3.05, 3.63) is 0 Å². The van der Waals surface area contributed by atoms with Gasteiger partial charge in [0.05, 0.1) is 19.1 Å². The average Bonchev–Trinajstić information content (AvgIpc) is 1.86. The van der Waals surface area contributed by atoms with Crippen molar-refractivity contribution >= 4 is 5.97 Å². The highest BCUT2D eigenvalue weighted by molar-refractivity contribution is 5.67. The molecule has 0 aliphatic heterocycles. The molecule has 0 aromatic rings. The molecular formula is C7H14O4. The summed E-state index contributed by atoms with van der Waals surface area (Å²) in [7, 11) is 0. The summed E-state index contributed by atoms with van der Waals surface area (Å²) in [5.74, 6) is -1.06. The minimum atomic E-state index is -1.06. The van der Waals surface area contributed by atoms with E-state index in [1.54, 1.807) is 13.8 Å². The summed E-state index contributed by atoms with van der Waals surface area (Å²) in [4.78, 5) is 10.1. The van der Waals surface area contributed by atoms with Crippen LogP contribution in [0, 0.1) is 5.41 Å². The zero-order valence-electron chi connectivity index (χ0n) is 6.74. The molecule has 66 valence electrons. The molecule has 11 heavy (non-hydrogen) atoms. The van der Waals surface area contributed by atoms with E-state index in [-0.39, 0.29) is 13.0 Å². The number of carbonyl (C=O) groups is 1. The lowest BCUT2D eigenvalue weighted by Crippen LogP contribution is -2.34. The van der Waals surface area contributed by atoms with Crippen molar-refractivity contribution in [1.29, 1.82) is 0 Å². The predicted octanol–water partition coefficient (Wildman–Crippen LogP) is -0.160. The van der Waals surface area contributed by atoms with Gasteiger partial charge >= 0.3 is 5.97 Å². The molecule has 0 aromatic heterocycles. The Labute approximate surface area is 65.5 Å². The van der Waals surface area contributed by atoms with Crippen molar-refractivity contribution < 1.29 is 20.1 Å². The summed E-state index contributed by atoms with van der Waals surface area (Å²) in [6, 6.07) is 0. The van der Waals surface area contributed by atoms with Gasteiger partial charge in [0, 0.05) is 5.41 Å². The smallest absolute Gasteiger partial charge is 0.305 e. The Kier molecular flexibility index (Phi) is 3.48. The lowest BCUT2D eigenvalue weighted by atomic mass is 9.86. The van der Waals surface area contributed by atoms with Gasteiger partial charge in [0.1, 0.15) is 0 Å². The molecule has 0 amide bonds. The minimum Gasteiger partial charge on any atom is -0.481 e. The van der Waals surface area contributed by atoms with Gasteiger partial charge in [-0.2, -0.15) is 0 Å². The third kappa shape index (κ3) is 3.34. The van der Waals surface area contributed by atoms with Crippen LogP contribution in [0.4, 0.5) is 0 Å². The first-order chi connectivity index (χ1) is 4.90. The molecule has 1 atom stereocenters. The summed E-state index contributed by atoms with van der Waals surface area (Å²) in [6.45, 7) is 3.00. The van der Waals surface area contributed by atoms with E-state index in [4.69, 9.17) is 10.2 Å². The summed E-state index contributed by atoms with van der Waals surface area (Å²) < 4.78 is 0. The topological polar surface area (TPSA) is 77.8 Å². The standard InChI is InChI=1S/C7H14O4/c1-7(2,4-8)5(9)3-6(10)11/h5,8-9H,3-4H2,1-2H3,(H,10,11). The van der Waals surface area contributed by atoms with Crippen LogP contribution in [-0.4, -0.2) is 34.0 Å². The molecule has 4 heteroatoms. The first kappa shape index (κ1) is 10.4. The van der Waals surface area contributed by atoms with Crippen LogP contribution < -0.4 is 0 Å². The summed E-state index contributed by atoms with van der Waals surface area (Å²) in [5, 5.41) is 26.2. The predicted molar refractivity (Wildman–Crippen MR) is 39.1 cm³/mol. The zero-order valence-corrected chi connectivity index (χ0v) is 6.74. The Morgan fingerprint density at radius 3 is 2.27 bits per heavy atom. The van der Waals surface area contributed by atoms with Crippen LogP contribution in [-0.2, 0) is 4.79 Å². The molecule has 1 unspecified atom stereocenters. The quantitative estimate of drug-likeness (QED) is 0.536. The van der Waals surface area contributed by atoms with Crippen LogP contribution in [0.25, 0.3) is 0 Å². The van der Waals surface area contributed by atoms with E-state index in [2.05, 4.69) is 0 Å². The highest BCUT2D eigenvalue weighted by Gasteiger charge is 2.28. The van der Waals surface area contributed by atoms with Gasteiger partial charge in [-0.3, -0.25) is 4.79 Å². The summed E-state index contributed by atoms with van der Waals surface area (Å²) in [6.07, 6.45) is -1.32. The molecule has 0 radical (unpaired) electrons. The van der Waals surface area contributed by atoms with Gasteiger partial charge in [-0.1, -0.05) is 13.8 Å². The van der Waals surface area contributed by atoms with Gasteiger partial charge < -0.3 is 15.3 Å². The normalized spacial score (nSPS) is 14.5. The Morgan fingerprint density at radius 2 is 2.00 bits per heavy atom. The molecule has 0 saturated carbocycles. The number of rotatable bonds is 4. The third-order valence-electron chi connectivity index (χ3n) is 1.68. The monoisotopic (exact) mass is 162 g/mol. The average molecular weight is 162 g/mol. The number of hydrogen-bond acceptors (Lipinski definition) is 3. The fraction of sp³-hybridized carbons (Fsp3) is 0.857. The number of aliphatic hydroxyl groups excluding tert-OH is 2. The molecule has 0 rings (SSSR count). The molecular weight excluding hydrogens is 148 g/mol. The van der Waals surface area contributed by atoms with Crippen molar-refractivity contribution in [2.45, 2.75) is 26.4 Å². The molecule has 3 N–H and O–H groups in total. The summed E-state index contributed by atoms with van der Waals surface area (Å²) >= 11 is 0. The molecule has 0 aromatic carbocycles. The van der Waals surface area contributed by atoms with E-state index in [0.29, 0.717) is 0 Å². The van der Waals surface area contributed by atoms with Crippen LogP contribution in [0.5, 0.6) is 0 Å². The molecule has 0 aliphatic carbocycles. The number of hydrogen-bond donors (Lipinski definition) is 3. The second kappa shape index (κ2) is 3.69. The van der Waals surface area contributed by atoms with Gasteiger partial charge in [-0.05, 0) is 0 Å². The fourth-order valence-corrected chi connectivity index (χ4v) is 0.547. The van der Waals surface area contributed by atoms with Gasteiger partial charge in [-0.15, -0.1) is 0 Å². The van der Waals surface area contributed by atoms with E-state index >= 15 is 0 Å². The first-order valence-corrected chi connectivity index (χ1v) is 3.41. The second-order valence-corrected chi connectivity index (χ2v) is 3.26. The van der Waals surface area contributed by atoms with E-state index in [1.165, 1.54) is 0 Å². The van der Waals surface area contributed by atoms with Crippen LogP contribution >= 0.6 is 0 Å². The SMILES string of the molecule is CC(C)(CO)C(O)CC(=O)O. The Hall–Kier alpha value is -0.610. The molecule has 0 aliphatic rings. The Balaban J connectivity index is 4.01. The molecule has 0 spiro atoms. The summed E-state index contributed by atoms with van der Waals surface area (Å²) in [5.41, 5.74) is -0.738. The zero-order chi connectivity index (χ0) is 9.07. The molecule has 0 heterocycles. The molecule has 0 fully saturated rings. The van der Waals surface area contributed by atoms with Gasteiger partial charge in [0.25, 0.3) is 0 Å². The van der Waals surface area contributed by atoms with E-state index in [0.717, 1.165) is 0 Å². The maximum Gasteiger partial charge on any atom is 0.305 e. The maximum absolute atomic E-state index is 10.1. The number of carboxylic acids is 1. The van der Waals surface area contributed by atoms with E-state index in [9.17, 15) is 9.90 Å². The maximum atomic E-state index is 10.1. The van der Waals surface area contributed by atoms with Crippen molar-refractivity contribution in [2.24, 2.45) is 5.41 Å². The highest BCUT2D eigenvalue weighted by Crippen LogP contribution is 2.21. The fourth-order valence-electron chi connectivity index (χ4n) is 0.547. The lowest BCUT2D eigenvalue weighted by Gasteiger charge is -2.26. The van der Waals surface area contributed by atoms with Gasteiger partial charge in [0.2, 0.25) is 0 Å².